The number of hydrogen-bond donors (Lipinski definition) is 1. The van der Waals surface area contributed by atoms with Gasteiger partial charge in [0.25, 0.3) is 0 Å². The number of carboxylic acids is 1. The van der Waals surface area contributed by atoms with Crippen molar-refractivity contribution in [1.29, 1.82) is 0 Å². The lowest BCUT2D eigenvalue weighted by molar-refractivity contribution is -0.138. The van der Waals surface area contributed by atoms with E-state index in [9.17, 15) is 4.79 Å². The predicted molar refractivity (Wildman–Crippen MR) is 72.9 cm³/mol. The van der Waals surface area contributed by atoms with E-state index in [1.165, 1.54) is 18.4 Å². The van der Waals surface area contributed by atoms with Crippen LogP contribution in [-0.4, -0.2) is 11.1 Å². The molecule has 1 aliphatic carbocycles. The van der Waals surface area contributed by atoms with Gasteiger partial charge in [0.15, 0.2) is 0 Å². The van der Waals surface area contributed by atoms with E-state index in [0.29, 0.717) is 18.3 Å². The summed E-state index contributed by atoms with van der Waals surface area (Å²) in [5, 5.41) is 9.73. The Labute approximate surface area is 113 Å². The predicted octanol–water partition coefficient (Wildman–Crippen LogP) is 4.16. The Balaban J connectivity index is 2.03. The lowest BCUT2D eigenvalue weighted by Crippen LogP contribution is -2.24. The van der Waals surface area contributed by atoms with Crippen LogP contribution in [0.5, 0.6) is 0 Å². The quantitative estimate of drug-likeness (QED) is 0.888. The van der Waals surface area contributed by atoms with E-state index in [4.69, 9.17) is 16.7 Å². The Morgan fingerprint density at radius 1 is 1.28 bits per heavy atom. The first kappa shape index (κ1) is 13.4. The van der Waals surface area contributed by atoms with Crippen LogP contribution in [0.1, 0.15) is 37.7 Å². The third kappa shape index (κ3) is 3.74. The standard InChI is InChI=1S/C15H19ClO2/c16-14-7-3-4-11(9-14)8-12-5-1-2-6-13(12)10-15(17)18/h3-4,7,9,12-13H,1-2,5-6,8,10H2,(H,17,18). The molecule has 0 spiro atoms. The highest BCUT2D eigenvalue weighted by molar-refractivity contribution is 6.30. The minimum Gasteiger partial charge on any atom is -0.481 e. The second-order valence-electron chi connectivity index (χ2n) is 5.24. The molecule has 0 heterocycles. The smallest absolute Gasteiger partial charge is 0.303 e. The SMILES string of the molecule is O=C(O)CC1CCCCC1Cc1cccc(Cl)c1. The highest BCUT2D eigenvalue weighted by Gasteiger charge is 2.27. The first-order valence-electron chi connectivity index (χ1n) is 6.61. The van der Waals surface area contributed by atoms with Crippen LogP contribution in [0.25, 0.3) is 0 Å². The van der Waals surface area contributed by atoms with Crippen LogP contribution in [0.3, 0.4) is 0 Å². The molecule has 0 amide bonds. The van der Waals surface area contributed by atoms with E-state index in [2.05, 4.69) is 6.07 Å². The van der Waals surface area contributed by atoms with Crippen molar-refractivity contribution in [1.82, 2.24) is 0 Å². The van der Waals surface area contributed by atoms with Crippen LogP contribution < -0.4 is 0 Å². The molecule has 0 aromatic heterocycles. The van der Waals surface area contributed by atoms with Crippen molar-refractivity contribution in [2.45, 2.75) is 38.5 Å². The molecule has 0 radical (unpaired) electrons. The molecular formula is C15H19ClO2. The first-order chi connectivity index (χ1) is 8.65. The highest BCUT2D eigenvalue weighted by atomic mass is 35.5. The Morgan fingerprint density at radius 3 is 2.67 bits per heavy atom. The maximum atomic E-state index is 10.9. The van der Waals surface area contributed by atoms with E-state index in [-0.39, 0.29) is 0 Å². The summed E-state index contributed by atoms with van der Waals surface area (Å²) in [5.41, 5.74) is 1.23. The Hall–Kier alpha value is -1.02. The number of aliphatic carboxylic acids is 1. The molecule has 2 atom stereocenters. The van der Waals surface area contributed by atoms with E-state index in [1.807, 2.05) is 18.2 Å². The maximum absolute atomic E-state index is 10.9. The molecule has 3 heteroatoms. The zero-order valence-corrected chi connectivity index (χ0v) is 11.2. The number of halogens is 1. The van der Waals surface area contributed by atoms with Crippen molar-refractivity contribution in [2.75, 3.05) is 0 Å². The van der Waals surface area contributed by atoms with Gasteiger partial charge in [-0.2, -0.15) is 0 Å². The average molecular weight is 267 g/mol. The number of carbonyl (C=O) groups is 1. The fourth-order valence-electron chi connectivity index (χ4n) is 3.01. The van der Waals surface area contributed by atoms with Gasteiger partial charge in [0, 0.05) is 11.4 Å². The number of carboxylic acid groups (broad SMARTS) is 1. The topological polar surface area (TPSA) is 37.3 Å². The summed E-state index contributed by atoms with van der Waals surface area (Å²) >= 11 is 5.99. The van der Waals surface area contributed by atoms with E-state index < -0.39 is 5.97 Å². The molecule has 1 aliphatic rings. The Bertz CT molecular complexity index is 417. The van der Waals surface area contributed by atoms with Crippen LogP contribution in [0, 0.1) is 11.8 Å². The molecule has 0 bridgehead atoms. The summed E-state index contributed by atoms with van der Waals surface area (Å²) in [6.07, 6.45) is 5.86. The summed E-state index contributed by atoms with van der Waals surface area (Å²) in [7, 11) is 0. The second kappa shape index (κ2) is 6.24. The van der Waals surface area contributed by atoms with Crippen LogP contribution in [0.15, 0.2) is 24.3 Å². The van der Waals surface area contributed by atoms with Gasteiger partial charge in [-0.15, -0.1) is 0 Å². The summed E-state index contributed by atoms with van der Waals surface area (Å²) in [4.78, 5) is 10.9. The summed E-state index contributed by atoms with van der Waals surface area (Å²) in [6.45, 7) is 0. The van der Waals surface area contributed by atoms with E-state index >= 15 is 0 Å². The van der Waals surface area contributed by atoms with Gasteiger partial charge in [0.1, 0.15) is 0 Å². The molecule has 1 saturated carbocycles. The lowest BCUT2D eigenvalue weighted by atomic mass is 9.75. The van der Waals surface area contributed by atoms with Gasteiger partial charge < -0.3 is 5.11 Å². The zero-order chi connectivity index (χ0) is 13.0. The van der Waals surface area contributed by atoms with Crippen LogP contribution >= 0.6 is 11.6 Å². The minimum absolute atomic E-state index is 0.311. The van der Waals surface area contributed by atoms with Crippen molar-refractivity contribution in [3.8, 4) is 0 Å². The molecule has 18 heavy (non-hydrogen) atoms. The van der Waals surface area contributed by atoms with Crippen molar-refractivity contribution >= 4 is 17.6 Å². The maximum Gasteiger partial charge on any atom is 0.303 e. The molecule has 98 valence electrons. The molecule has 0 aliphatic heterocycles. The molecule has 1 N–H and O–H groups in total. The van der Waals surface area contributed by atoms with E-state index in [0.717, 1.165) is 24.3 Å². The Kier molecular flexibility index (Phi) is 4.65. The molecule has 2 nitrogen and oxygen atoms in total. The van der Waals surface area contributed by atoms with Gasteiger partial charge in [-0.1, -0.05) is 36.6 Å². The molecule has 2 rings (SSSR count). The summed E-state index contributed by atoms with van der Waals surface area (Å²) in [5.74, 6) is 0.154. The van der Waals surface area contributed by atoms with Gasteiger partial charge >= 0.3 is 5.97 Å². The summed E-state index contributed by atoms with van der Waals surface area (Å²) < 4.78 is 0. The van der Waals surface area contributed by atoms with Crippen molar-refractivity contribution in [2.24, 2.45) is 11.8 Å². The van der Waals surface area contributed by atoms with Gasteiger partial charge in [-0.3, -0.25) is 4.79 Å². The lowest BCUT2D eigenvalue weighted by Gasteiger charge is -2.30. The molecule has 1 fully saturated rings. The monoisotopic (exact) mass is 266 g/mol. The molecule has 0 saturated heterocycles. The van der Waals surface area contributed by atoms with Crippen LogP contribution in [-0.2, 0) is 11.2 Å². The second-order valence-corrected chi connectivity index (χ2v) is 5.67. The summed E-state index contributed by atoms with van der Waals surface area (Å²) in [6, 6.07) is 7.92. The molecule has 1 aromatic carbocycles. The largest absolute Gasteiger partial charge is 0.481 e. The van der Waals surface area contributed by atoms with Gasteiger partial charge in [0.05, 0.1) is 0 Å². The number of benzene rings is 1. The highest BCUT2D eigenvalue weighted by Crippen LogP contribution is 2.34. The van der Waals surface area contributed by atoms with Crippen LogP contribution in [0.4, 0.5) is 0 Å². The van der Waals surface area contributed by atoms with Crippen LogP contribution in [0.2, 0.25) is 5.02 Å². The zero-order valence-electron chi connectivity index (χ0n) is 10.4. The van der Waals surface area contributed by atoms with Gasteiger partial charge in [0.2, 0.25) is 0 Å². The third-order valence-electron chi connectivity index (χ3n) is 3.89. The molecular weight excluding hydrogens is 248 g/mol. The minimum atomic E-state index is -0.669. The Morgan fingerprint density at radius 2 is 2.00 bits per heavy atom. The fourth-order valence-corrected chi connectivity index (χ4v) is 3.23. The fraction of sp³-hybridized carbons (Fsp3) is 0.533. The third-order valence-corrected chi connectivity index (χ3v) is 4.13. The van der Waals surface area contributed by atoms with E-state index in [1.54, 1.807) is 0 Å². The van der Waals surface area contributed by atoms with Gasteiger partial charge in [-0.25, -0.2) is 0 Å². The normalized spacial score (nSPS) is 23.8. The molecule has 2 unspecified atom stereocenters. The first-order valence-corrected chi connectivity index (χ1v) is 6.99. The van der Waals surface area contributed by atoms with Crippen molar-refractivity contribution in [3.05, 3.63) is 34.9 Å². The van der Waals surface area contributed by atoms with Crippen molar-refractivity contribution in [3.63, 3.8) is 0 Å². The van der Waals surface area contributed by atoms with Gasteiger partial charge in [-0.05, 0) is 48.8 Å². The number of rotatable bonds is 4. The number of hydrogen-bond acceptors (Lipinski definition) is 1. The van der Waals surface area contributed by atoms with Crippen molar-refractivity contribution < 1.29 is 9.90 Å². The molecule has 1 aromatic rings. The average Bonchev–Trinajstić information content (AvgIpc) is 2.31.